The molecular weight excluding hydrogens is 741 g/mol. The Bertz CT molecular complexity index is 2410. The summed E-state index contributed by atoms with van der Waals surface area (Å²) < 4.78 is 0. The molecule has 10 heteroatoms. The number of aliphatic imine (C=N–C) groups is 3. The van der Waals surface area contributed by atoms with E-state index >= 15 is 0 Å². The highest BCUT2D eigenvalue weighted by atomic mass is 16.4. The first-order valence-electron chi connectivity index (χ1n) is 20.8. The van der Waals surface area contributed by atoms with E-state index < -0.39 is 18.0 Å². The van der Waals surface area contributed by atoms with Gasteiger partial charge in [-0.15, -0.1) is 0 Å². The van der Waals surface area contributed by atoms with E-state index in [1.807, 2.05) is 45.1 Å². The number of carboxylic acid groups (broad SMARTS) is 2. The Balaban J connectivity index is 1.58. The van der Waals surface area contributed by atoms with E-state index in [0.717, 1.165) is 77.6 Å². The Morgan fingerprint density at radius 2 is 1.24 bits per heavy atom. The average molecular weight is 801 g/mol. The molecule has 1 aromatic rings. The molecule has 0 amide bonds. The lowest BCUT2D eigenvalue weighted by molar-refractivity contribution is -0.138. The first-order valence-corrected chi connectivity index (χ1v) is 20.8. The molecule has 5 N–H and O–H groups in total. The first-order chi connectivity index (χ1) is 28.1. The van der Waals surface area contributed by atoms with Gasteiger partial charge < -0.3 is 25.4 Å². The predicted molar refractivity (Wildman–Crippen MR) is 240 cm³/mol. The minimum absolute atomic E-state index is 0.0893. The number of nitrogens with one attached hydrogen (secondary N) is 1. The van der Waals surface area contributed by atoms with Gasteiger partial charge in [0.1, 0.15) is 0 Å². The van der Waals surface area contributed by atoms with E-state index in [0.29, 0.717) is 63.1 Å². The number of hydrogen-bond acceptors (Lipinski definition) is 7. The number of fused-ring (bicyclic) bond motifs is 5. The lowest BCUT2D eigenvalue weighted by atomic mass is 9.95. The normalized spacial score (nSPS) is 17.7. The number of aromatic nitrogens is 1. The van der Waals surface area contributed by atoms with Crippen LogP contribution >= 0.6 is 0 Å². The molecule has 4 aliphatic heterocycles. The summed E-state index contributed by atoms with van der Waals surface area (Å²) in [7, 11) is 0. The number of carboxylic acids is 2. The molecule has 59 heavy (non-hydrogen) atoms. The number of H-pyrrole nitrogens is 1. The van der Waals surface area contributed by atoms with E-state index in [4.69, 9.17) is 15.0 Å². The van der Waals surface area contributed by atoms with Crippen LogP contribution in [0.4, 0.5) is 0 Å². The summed E-state index contributed by atoms with van der Waals surface area (Å²) in [4.78, 5) is 42.1. The summed E-state index contributed by atoms with van der Waals surface area (Å²) in [6, 6.07) is 0. The number of rotatable bonds is 17. The van der Waals surface area contributed by atoms with Crippen molar-refractivity contribution in [1.29, 1.82) is 0 Å². The van der Waals surface area contributed by atoms with Gasteiger partial charge in [0, 0.05) is 29.3 Å². The van der Waals surface area contributed by atoms with Crippen molar-refractivity contribution < 1.29 is 30.0 Å². The smallest absolute Gasteiger partial charge is 0.303 e. The minimum atomic E-state index is -0.982. The molecular formula is C49H60N4O6. The molecule has 0 fully saturated rings. The SMILES string of the molecule is CCC1=C(C)C2=NC1=CC1=NC(=Cc3[nH]c(c(=CO)c3CCC(=O)O)=CC3=NC(=C2)C([C@@H](O)CC/C=C(\C)CC/C=C(\C)CCC=C(C)C)=C3C)C(CCC(=O)O)=C1C. The van der Waals surface area contributed by atoms with Gasteiger partial charge in [-0.25, -0.2) is 15.0 Å². The van der Waals surface area contributed by atoms with Crippen molar-refractivity contribution in [3.8, 4) is 0 Å². The van der Waals surface area contributed by atoms with E-state index in [2.05, 4.69) is 57.8 Å². The van der Waals surface area contributed by atoms with Gasteiger partial charge in [0.05, 0.1) is 51.9 Å². The van der Waals surface area contributed by atoms with Crippen LogP contribution < -0.4 is 10.6 Å². The topological polar surface area (TPSA) is 168 Å². The number of hydrogen-bond donors (Lipinski definition) is 5. The fourth-order valence-corrected chi connectivity index (χ4v) is 8.03. The highest BCUT2D eigenvalue weighted by Gasteiger charge is 2.29. The van der Waals surface area contributed by atoms with Gasteiger partial charge in [-0.1, -0.05) is 41.9 Å². The Morgan fingerprint density at radius 1 is 0.695 bits per heavy atom. The summed E-state index contributed by atoms with van der Waals surface area (Å²) in [5.74, 6) is -1.91. The second kappa shape index (κ2) is 19.9. The molecule has 10 nitrogen and oxygen atoms in total. The van der Waals surface area contributed by atoms with E-state index in [1.54, 1.807) is 0 Å². The number of aliphatic carboxylic acids is 2. The van der Waals surface area contributed by atoms with Gasteiger partial charge in [-0.3, -0.25) is 9.59 Å². The summed E-state index contributed by atoms with van der Waals surface area (Å²) in [6.07, 6.45) is 20.6. The van der Waals surface area contributed by atoms with Crippen molar-refractivity contribution in [2.75, 3.05) is 0 Å². The fraction of sp³-hybridized carbons (Fsp3) is 0.408. The number of aliphatic hydroxyl groups is 2. The van der Waals surface area contributed by atoms with Crippen LogP contribution in [0, 0.1) is 0 Å². The van der Waals surface area contributed by atoms with Gasteiger partial charge in [0.15, 0.2) is 0 Å². The van der Waals surface area contributed by atoms with Gasteiger partial charge in [0.2, 0.25) is 0 Å². The van der Waals surface area contributed by atoms with Crippen molar-refractivity contribution >= 4 is 47.5 Å². The van der Waals surface area contributed by atoms with Crippen molar-refractivity contribution in [1.82, 2.24) is 4.98 Å². The molecule has 0 radical (unpaired) electrons. The minimum Gasteiger partial charge on any atom is -0.515 e. The van der Waals surface area contributed by atoms with E-state index in [9.17, 15) is 30.0 Å². The standard InChI is InChI=1S/C49H60N4O6/c1-9-34-31(6)39-25-45-49(46(55)18-12-17-30(5)16-11-15-29(4)14-10-13-28(2)3)33(8)40(52-45)24-44-37(27-54)36(20-22-48(58)59)43(53-44)26-42-35(19-21-47(56)57)32(7)38(51-42)23-41(34)50-39/h13,15,17,23-27,46,53-55H,9-12,14,16,18-22H2,1-8H3,(H,56,57)(H,58,59)/b29-15+,30-17+,37-27?,41-23?,42-26?,44-24?,45-25?/t46-/m0/s1. The second-order valence-corrected chi connectivity index (χ2v) is 16.1. The second-order valence-electron chi connectivity index (χ2n) is 16.1. The zero-order valence-corrected chi connectivity index (χ0v) is 35.9. The largest absolute Gasteiger partial charge is 0.515 e. The number of allylic oxidation sites excluding steroid dienone is 13. The molecule has 5 heterocycles. The lowest BCUT2D eigenvalue weighted by Crippen LogP contribution is -2.27. The zero-order valence-electron chi connectivity index (χ0n) is 35.9. The Labute approximate surface area is 348 Å². The van der Waals surface area contributed by atoms with Gasteiger partial charge >= 0.3 is 11.9 Å². The first kappa shape index (κ1) is 44.5. The summed E-state index contributed by atoms with van der Waals surface area (Å²) in [6.45, 7) is 16.6. The summed E-state index contributed by atoms with van der Waals surface area (Å²) >= 11 is 0. The predicted octanol–water partition coefficient (Wildman–Crippen LogP) is 9.38. The van der Waals surface area contributed by atoms with Crippen LogP contribution in [0.1, 0.15) is 131 Å². The summed E-state index contributed by atoms with van der Waals surface area (Å²) in [5.41, 5.74) is 14.3. The molecule has 5 rings (SSSR count). The quantitative estimate of drug-likeness (QED) is 0.0984. The molecule has 0 unspecified atom stereocenters. The number of carbonyl (C=O) groups is 2. The van der Waals surface area contributed by atoms with Crippen LogP contribution in [0.2, 0.25) is 0 Å². The highest BCUT2D eigenvalue weighted by Crippen LogP contribution is 2.37. The maximum Gasteiger partial charge on any atom is 0.303 e. The number of nitrogens with zero attached hydrogens (tertiary/aromatic N) is 3. The maximum atomic E-state index is 11.9. The molecule has 312 valence electrons. The Hall–Kier alpha value is -5.61. The highest BCUT2D eigenvalue weighted by molar-refractivity contribution is 6.24. The molecule has 1 aromatic heterocycles. The van der Waals surface area contributed by atoms with Gasteiger partial charge in [0.25, 0.3) is 0 Å². The molecule has 0 saturated heterocycles. The van der Waals surface area contributed by atoms with Crippen molar-refractivity contribution in [3.63, 3.8) is 0 Å². The third kappa shape index (κ3) is 10.9. The van der Waals surface area contributed by atoms with E-state index in [1.165, 1.54) is 16.7 Å². The van der Waals surface area contributed by atoms with Gasteiger partial charge in [-0.05, 0) is 164 Å². The third-order valence-corrected chi connectivity index (χ3v) is 11.4. The molecule has 0 aliphatic carbocycles. The molecule has 4 aliphatic rings. The van der Waals surface area contributed by atoms with Crippen molar-refractivity contribution in [3.05, 3.63) is 119 Å². The average Bonchev–Trinajstić information content (AvgIpc) is 3.85. The van der Waals surface area contributed by atoms with Crippen LogP contribution in [0.15, 0.2) is 113 Å². The fourth-order valence-electron chi connectivity index (χ4n) is 8.03. The summed E-state index contributed by atoms with van der Waals surface area (Å²) in [5, 5.41) is 42.7. The molecule has 0 aromatic carbocycles. The van der Waals surface area contributed by atoms with Crippen molar-refractivity contribution in [2.45, 2.75) is 132 Å². The number of aromatic amines is 1. The van der Waals surface area contributed by atoms with Crippen LogP contribution in [0.3, 0.4) is 0 Å². The van der Waals surface area contributed by atoms with Crippen LogP contribution in [0.5, 0.6) is 0 Å². The Kier molecular flexibility index (Phi) is 15.0. The molecule has 0 spiro atoms. The molecule has 8 bridgehead atoms. The molecule has 1 atom stereocenters. The third-order valence-electron chi connectivity index (χ3n) is 11.4. The van der Waals surface area contributed by atoms with E-state index in [-0.39, 0.29) is 25.7 Å². The number of aliphatic hydroxyl groups excluding tert-OH is 2. The van der Waals surface area contributed by atoms with Crippen molar-refractivity contribution in [2.24, 2.45) is 15.0 Å². The zero-order chi connectivity index (χ0) is 43.0. The monoisotopic (exact) mass is 800 g/mol. The van der Waals surface area contributed by atoms with Gasteiger partial charge in [-0.2, -0.15) is 0 Å². The lowest BCUT2D eigenvalue weighted by Gasteiger charge is -2.14. The van der Waals surface area contributed by atoms with Crippen LogP contribution in [0.25, 0.3) is 18.4 Å². The van der Waals surface area contributed by atoms with Crippen LogP contribution in [-0.4, -0.2) is 60.6 Å². The molecule has 0 saturated carbocycles. The van der Waals surface area contributed by atoms with Crippen LogP contribution in [-0.2, 0) is 16.0 Å². The Morgan fingerprint density at radius 3 is 1.85 bits per heavy atom. The maximum absolute atomic E-state index is 11.9.